The van der Waals surface area contributed by atoms with E-state index in [4.69, 9.17) is 0 Å². The SMILES string of the molecule is Cc1ncc(-c2ccc3cnc(CC(=O)C4CCC(CN5CCN(C)CC5)CC4)cc3c2)n1C. The molecular weight excluding hydrogens is 422 g/mol. The van der Waals surface area contributed by atoms with Gasteiger partial charge < -0.3 is 14.4 Å². The first-order valence-corrected chi connectivity index (χ1v) is 12.8. The van der Waals surface area contributed by atoms with E-state index in [0.29, 0.717) is 12.2 Å². The van der Waals surface area contributed by atoms with Crippen molar-refractivity contribution < 1.29 is 4.79 Å². The fraction of sp³-hybridized carbons (Fsp3) is 0.536. The van der Waals surface area contributed by atoms with Gasteiger partial charge in [-0.1, -0.05) is 12.1 Å². The molecule has 6 heteroatoms. The molecule has 2 aliphatic rings. The molecule has 0 N–H and O–H groups in total. The van der Waals surface area contributed by atoms with Crippen LogP contribution in [-0.4, -0.2) is 69.9 Å². The predicted molar refractivity (Wildman–Crippen MR) is 137 cm³/mol. The van der Waals surface area contributed by atoms with Crippen molar-refractivity contribution in [3.8, 4) is 11.3 Å². The Hall–Kier alpha value is -2.57. The van der Waals surface area contributed by atoms with E-state index >= 15 is 0 Å². The number of benzene rings is 1. The summed E-state index contributed by atoms with van der Waals surface area (Å²) in [4.78, 5) is 27.2. The molecule has 0 atom stereocenters. The molecule has 6 nitrogen and oxygen atoms in total. The maximum absolute atomic E-state index is 13.1. The number of hydrogen-bond donors (Lipinski definition) is 0. The van der Waals surface area contributed by atoms with E-state index in [0.717, 1.165) is 52.3 Å². The summed E-state index contributed by atoms with van der Waals surface area (Å²) in [6.07, 6.45) is 8.70. The number of piperazine rings is 1. The summed E-state index contributed by atoms with van der Waals surface area (Å²) in [5.74, 6) is 2.31. The number of fused-ring (bicyclic) bond motifs is 1. The van der Waals surface area contributed by atoms with Crippen LogP contribution in [-0.2, 0) is 18.3 Å². The van der Waals surface area contributed by atoms with E-state index in [1.807, 2.05) is 26.4 Å². The first-order chi connectivity index (χ1) is 16.5. The number of imidazole rings is 1. The first kappa shape index (κ1) is 23.2. The Balaban J connectivity index is 1.19. The number of aryl methyl sites for hydroxylation is 1. The summed E-state index contributed by atoms with van der Waals surface area (Å²) in [6.45, 7) is 7.94. The van der Waals surface area contributed by atoms with E-state index in [1.165, 1.54) is 45.6 Å². The van der Waals surface area contributed by atoms with Gasteiger partial charge in [0, 0.05) is 75.0 Å². The number of rotatable bonds is 6. The number of nitrogens with zero attached hydrogens (tertiary/aromatic N) is 5. The third kappa shape index (κ3) is 5.08. The third-order valence-electron chi connectivity index (χ3n) is 8.06. The van der Waals surface area contributed by atoms with Gasteiger partial charge in [0.15, 0.2) is 0 Å². The van der Waals surface area contributed by atoms with Gasteiger partial charge in [-0.05, 0) is 63.1 Å². The Labute approximate surface area is 203 Å². The van der Waals surface area contributed by atoms with E-state index in [2.05, 4.69) is 55.6 Å². The van der Waals surface area contributed by atoms with Crippen LogP contribution in [0, 0.1) is 18.8 Å². The van der Waals surface area contributed by atoms with Gasteiger partial charge in [-0.15, -0.1) is 0 Å². The van der Waals surface area contributed by atoms with Crippen molar-refractivity contribution in [2.24, 2.45) is 18.9 Å². The van der Waals surface area contributed by atoms with E-state index in [1.54, 1.807) is 0 Å². The van der Waals surface area contributed by atoms with Crippen molar-refractivity contribution >= 4 is 16.6 Å². The quantitative estimate of drug-likeness (QED) is 0.555. The van der Waals surface area contributed by atoms with Gasteiger partial charge in [0.05, 0.1) is 11.9 Å². The maximum atomic E-state index is 13.1. The van der Waals surface area contributed by atoms with Gasteiger partial charge in [0.25, 0.3) is 0 Å². The fourth-order valence-corrected chi connectivity index (χ4v) is 5.60. The summed E-state index contributed by atoms with van der Waals surface area (Å²) in [7, 11) is 4.25. The number of pyridine rings is 1. The van der Waals surface area contributed by atoms with E-state index in [9.17, 15) is 4.79 Å². The minimum Gasteiger partial charge on any atom is -0.331 e. The molecule has 0 radical (unpaired) electrons. The Kier molecular flexibility index (Phi) is 6.79. The number of Topliss-reactive ketones (excluding diaryl/α,β-unsaturated/α-hetero) is 1. The molecule has 0 unspecified atom stereocenters. The van der Waals surface area contributed by atoms with Crippen LogP contribution >= 0.6 is 0 Å². The number of hydrogen-bond acceptors (Lipinski definition) is 5. The summed E-state index contributed by atoms with van der Waals surface area (Å²) >= 11 is 0. The van der Waals surface area contributed by atoms with Crippen LogP contribution in [0.15, 0.2) is 36.7 Å². The summed E-state index contributed by atoms with van der Waals surface area (Å²) in [6, 6.07) is 8.50. The summed E-state index contributed by atoms with van der Waals surface area (Å²) < 4.78 is 2.10. The van der Waals surface area contributed by atoms with Crippen LogP contribution in [0.4, 0.5) is 0 Å². The highest BCUT2D eigenvalue weighted by molar-refractivity contribution is 5.88. The second-order valence-electron chi connectivity index (χ2n) is 10.5. The number of ketones is 1. The van der Waals surface area contributed by atoms with Gasteiger partial charge in [-0.25, -0.2) is 4.98 Å². The van der Waals surface area contributed by atoms with Crippen LogP contribution in [0.3, 0.4) is 0 Å². The van der Waals surface area contributed by atoms with Crippen molar-refractivity contribution in [3.05, 3.63) is 48.2 Å². The molecule has 0 spiro atoms. The number of likely N-dealkylation sites (N-methyl/N-ethyl adjacent to an activating group) is 1. The molecule has 1 saturated heterocycles. The minimum atomic E-state index is 0.199. The van der Waals surface area contributed by atoms with Crippen LogP contribution in [0.1, 0.15) is 37.2 Å². The Morgan fingerprint density at radius 3 is 2.41 bits per heavy atom. The van der Waals surface area contributed by atoms with Gasteiger partial charge in [0.1, 0.15) is 11.6 Å². The standard InChI is InChI=1S/C28H37N5O/c1-20-29-18-27(32(20)3)23-8-9-24-17-30-26(15-25(24)14-23)16-28(34)22-6-4-21(5-7-22)19-33-12-10-31(2)11-13-33/h8-9,14-15,17-18,21-22H,4-7,10-13,16,19H2,1-3H3. The molecule has 0 bridgehead atoms. The van der Waals surface area contributed by atoms with Gasteiger partial charge in [-0.2, -0.15) is 0 Å². The van der Waals surface area contributed by atoms with Crippen LogP contribution < -0.4 is 0 Å². The minimum absolute atomic E-state index is 0.199. The van der Waals surface area contributed by atoms with Gasteiger partial charge >= 0.3 is 0 Å². The molecule has 2 aromatic heterocycles. The number of aromatic nitrogens is 3. The highest BCUT2D eigenvalue weighted by Crippen LogP contribution is 2.31. The van der Waals surface area contributed by atoms with Crippen molar-refractivity contribution in [2.75, 3.05) is 39.8 Å². The monoisotopic (exact) mass is 459 g/mol. The molecule has 1 aliphatic heterocycles. The molecule has 34 heavy (non-hydrogen) atoms. The van der Waals surface area contributed by atoms with Gasteiger partial charge in [-0.3, -0.25) is 9.78 Å². The van der Waals surface area contributed by atoms with Crippen molar-refractivity contribution in [1.29, 1.82) is 0 Å². The molecule has 3 heterocycles. The fourth-order valence-electron chi connectivity index (χ4n) is 5.60. The lowest BCUT2D eigenvalue weighted by Gasteiger charge is -2.36. The highest BCUT2D eigenvalue weighted by Gasteiger charge is 2.28. The Morgan fingerprint density at radius 2 is 1.71 bits per heavy atom. The molecule has 1 aromatic carbocycles. The van der Waals surface area contributed by atoms with Crippen molar-refractivity contribution in [1.82, 2.24) is 24.3 Å². The smallest absolute Gasteiger partial charge is 0.141 e. The Morgan fingerprint density at radius 1 is 0.941 bits per heavy atom. The normalized spacial score (nSPS) is 22.3. The van der Waals surface area contributed by atoms with Crippen molar-refractivity contribution in [2.45, 2.75) is 39.0 Å². The van der Waals surface area contributed by atoms with Crippen LogP contribution in [0.5, 0.6) is 0 Å². The average Bonchev–Trinajstić information content (AvgIpc) is 3.18. The van der Waals surface area contributed by atoms with Crippen molar-refractivity contribution in [3.63, 3.8) is 0 Å². The van der Waals surface area contributed by atoms with E-state index in [-0.39, 0.29) is 5.92 Å². The molecule has 0 amide bonds. The van der Waals surface area contributed by atoms with Crippen LogP contribution in [0.25, 0.3) is 22.0 Å². The number of carbonyl (C=O) groups is 1. The molecular formula is C28H37N5O. The highest BCUT2D eigenvalue weighted by atomic mass is 16.1. The summed E-state index contributed by atoms with van der Waals surface area (Å²) in [5.41, 5.74) is 3.12. The summed E-state index contributed by atoms with van der Waals surface area (Å²) in [5, 5.41) is 2.23. The lowest BCUT2D eigenvalue weighted by molar-refractivity contribution is -0.123. The topological polar surface area (TPSA) is 54.3 Å². The molecule has 5 rings (SSSR count). The zero-order valence-corrected chi connectivity index (χ0v) is 20.8. The average molecular weight is 460 g/mol. The zero-order chi connectivity index (χ0) is 23.7. The zero-order valence-electron chi connectivity index (χ0n) is 20.8. The molecule has 1 aliphatic carbocycles. The first-order valence-electron chi connectivity index (χ1n) is 12.8. The predicted octanol–water partition coefficient (Wildman–Crippen LogP) is 4.11. The third-order valence-corrected chi connectivity index (χ3v) is 8.06. The second-order valence-corrected chi connectivity index (χ2v) is 10.5. The molecule has 180 valence electrons. The van der Waals surface area contributed by atoms with Gasteiger partial charge in [0.2, 0.25) is 0 Å². The lowest BCUT2D eigenvalue weighted by atomic mass is 9.79. The molecule has 3 aromatic rings. The van der Waals surface area contributed by atoms with Crippen LogP contribution in [0.2, 0.25) is 0 Å². The molecule has 1 saturated carbocycles. The Bertz CT molecular complexity index is 1150. The molecule has 2 fully saturated rings. The number of carbonyl (C=O) groups excluding carboxylic acids is 1. The van der Waals surface area contributed by atoms with E-state index < -0.39 is 0 Å². The second kappa shape index (κ2) is 9.96. The largest absolute Gasteiger partial charge is 0.331 e. The maximum Gasteiger partial charge on any atom is 0.141 e. The lowest BCUT2D eigenvalue weighted by Crippen LogP contribution is -2.46.